The Bertz CT molecular complexity index is 425. The topological polar surface area (TPSA) is 53.3 Å². The fourth-order valence-electron chi connectivity index (χ4n) is 1.53. The van der Waals surface area contributed by atoms with Crippen molar-refractivity contribution in [2.24, 2.45) is 0 Å². The van der Waals surface area contributed by atoms with Crippen molar-refractivity contribution in [1.29, 1.82) is 5.26 Å². The minimum atomic E-state index is -0.548. The molecule has 90 valence electrons. The number of methoxy groups -OCH3 is 1. The molecule has 0 radical (unpaired) electrons. The molecule has 0 heterocycles. The number of rotatable bonds is 4. The highest BCUT2D eigenvalue weighted by Crippen LogP contribution is 2.22. The summed E-state index contributed by atoms with van der Waals surface area (Å²) in [6.07, 6.45) is 0. The molecule has 0 fully saturated rings. The van der Waals surface area contributed by atoms with E-state index in [9.17, 15) is 4.79 Å². The second-order valence-corrected chi connectivity index (χ2v) is 4.47. The molecule has 1 atom stereocenters. The molecular formula is C12H13BrN2O2. The highest BCUT2D eigenvalue weighted by atomic mass is 79.9. The van der Waals surface area contributed by atoms with Gasteiger partial charge in [0.2, 0.25) is 0 Å². The molecule has 0 aliphatic heterocycles. The Morgan fingerprint density at radius 1 is 1.53 bits per heavy atom. The predicted molar refractivity (Wildman–Crippen MR) is 67.1 cm³/mol. The number of halogens is 1. The second kappa shape index (κ2) is 6.38. The minimum Gasteiger partial charge on any atom is -0.468 e. The summed E-state index contributed by atoms with van der Waals surface area (Å²) in [6.45, 7) is 0.163. The Balaban J connectivity index is 3.02. The number of esters is 1. The van der Waals surface area contributed by atoms with Crippen LogP contribution in [0.15, 0.2) is 28.7 Å². The number of hydrogen-bond acceptors (Lipinski definition) is 4. The molecular weight excluding hydrogens is 284 g/mol. The Kier molecular flexibility index (Phi) is 5.13. The van der Waals surface area contributed by atoms with E-state index in [1.54, 1.807) is 11.9 Å². The van der Waals surface area contributed by atoms with Crippen LogP contribution in [-0.2, 0) is 9.53 Å². The lowest BCUT2D eigenvalue weighted by Crippen LogP contribution is -2.32. The van der Waals surface area contributed by atoms with Crippen molar-refractivity contribution in [3.8, 4) is 6.07 Å². The number of carbonyl (C=O) groups is 1. The van der Waals surface area contributed by atoms with Crippen LogP contribution >= 0.6 is 15.9 Å². The predicted octanol–water partition coefficient (Wildman–Crippen LogP) is 2.12. The first-order valence-corrected chi connectivity index (χ1v) is 5.80. The Morgan fingerprint density at radius 2 is 2.12 bits per heavy atom. The lowest BCUT2D eigenvalue weighted by Gasteiger charge is -2.23. The number of ether oxygens (including phenoxy) is 1. The quantitative estimate of drug-likeness (QED) is 0.631. The zero-order chi connectivity index (χ0) is 12.8. The largest absolute Gasteiger partial charge is 0.468 e. The molecule has 0 amide bonds. The van der Waals surface area contributed by atoms with Gasteiger partial charge in [-0.2, -0.15) is 5.26 Å². The second-order valence-electron chi connectivity index (χ2n) is 3.55. The van der Waals surface area contributed by atoms with Gasteiger partial charge in [-0.25, -0.2) is 4.79 Å². The summed E-state index contributed by atoms with van der Waals surface area (Å²) in [7, 11) is 3.06. The Hall–Kier alpha value is -1.38. The maximum atomic E-state index is 11.7. The third kappa shape index (κ3) is 3.55. The van der Waals surface area contributed by atoms with Gasteiger partial charge in [0.1, 0.15) is 6.04 Å². The molecule has 0 bridgehead atoms. The van der Waals surface area contributed by atoms with Crippen LogP contribution in [0.25, 0.3) is 0 Å². The fraction of sp³-hybridized carbons (Fsp3) is 0.333. The van der Waals surface area contributed by atoms with Crippen LogP contribution in [0.3, 0.4) is 0 Å². The third-order valence-electron chi connectivity index (χ3n) is 2.37. The van der Waals surface area contributed by atoms with Crippen LogP contribution < -0.4 is 0 Å². The number of likely N-dealkylation sites (N-methyl/N-ethyl adjacent to an activating group) is 1. The standard InChI is InChI=1S/C12H13BrN2O2/c1-15(8-7-14)11(12(16)17-2)9-3-5-10(13)6-4-9/h3-6,11H,8H2,1-2H3. The molecule has 0 saturated heterocycles. The molecule has 5 heteroatoms. The molecule has 1 aromatic carbocycles. The first-order valence-electron chi connectivity index (χ1n) is 5.00. The molecule has 0 aromatic heterocycles. The van der Waals surface area contributed by atoms with E-state index in [2.05, 4.69) is 15.9 Å². The van der Waals surface area contributed by atoms with Crippen LogP contribution in [0.1, 0.15) is 11.6 Å². The molecule has 0 aliphatic rings. The van der Waals surface area contributed by atoms with Crippen molar-refractivity contribution in [2.75, 3.05) is 20.7 Å². The summed E-state index contributed by atoms with van der Waals surface area (Å²) in [5.74, 6) is -0.370. The van der Waals surface area contributed by atoms with Crippen molar-refractivity contribution < 1.29 is 9.53 Å². The number of benzene rings is 1. The average molecular weight is 297 g/mol. The van der Waals surface area contributed by atoms with E-state index in [0.29, 0.717) is 0 Å². The number of hydrogen-bond donors (Lipinski definition) is 0. The lowest BCUT2D eigenvalue weighted by molar-refractivity contribution is -0.146. The van der Waals surface area contributed by atoms with Gasteiger partial charge in [0.15, 0.2) is 0 Å². The SMILES string of the molecule is COC(=O)C(c1ccc(Br)cc1)N(C)CC#N. The van der Waals surface area contributed by atoms with E-state index in [0.717, 1.165) is 10.0 Å². The van der Waals surface area contributed by atoms with Crippen LogP contribution in [0.5, 0.6) is 0 Å². The van der Waals surface area contributed by atoms with Gasteiger partial charge in [-0.15, -0.1) is 0 Å². The van der Waals surface area contributed by atoms with Gasteiger partial charge in [-0.05, 0) is 24.7 Å². The van der Waals surface area contributed by atoms with Crippen LogP contribution in [0.4, 0.5) is 0 Å². The van der Waals surface area contributed by atoms with Crippen LogP contribution in [0.2, 0.25) is 0 Å². The van der Waals surface area contributed by atoms with Crippen molar-refractivity contribution in [3.05, 3.63) is 34.3 Å². The summed E-state index contributed by atoms with van der Waals surface area (Å²) >= 11 is 3.33. The van der Waals surface area contributed by atoms with Crippen LogP contribution in [0, 0.1) is 11.3 Å². The molecule has 17 heavy (non-hydrogen) atoms. The van der Waals surface area contributed by atoms with Gasteiger partial charge in [-0.1, -0.05) is 28.1 Å². The van der Waals surface area contributed by atoms with Crippen molar-refractivity contribution in [1.82, 2.24) is 4.90 Å². The van der Waals surface area contributed by atoms with E-state index in [-0.39, 0.29) is 12.5 Å². The number of nitriles is 1. The fourth-order valence-corrected chi connectivity index (χ4v) is 1.79. The van der Waals surface area contributed by atoms with E-state index in [1.807, 2.05) is 30.3 Å². The van der Waals surface area contributed by atoms with Gasteiger partial charge < -0.3 is 4.74 Å². The number of nitrogens with zero attached hydrogens (tertiary/aromatic N) is 2. The smallest absolute Gasteiger partial charge is 0.327 e. The normalized spacial score (nSPS) is 11.9. The minimum absolute atomic E-state index is 0.163. The van der Waals surface area contributed by atoms with Gasteiger partial charge in [0.05, 0.1) is 19.7 Å². The molecule has 1 unspecified atom stereocenters. The molecule has 0 N–H and O–H groups in total. The summed E-state index contributed by atoms with van der Waals surface area (Å²) < 4.78 is 5.70. The molecule has 0 aliphatic carbocycles. The Morgan fingerprint density at radius 3 is 2.59 bits per heavy atom. The highest BCUT2D eigenvalue weighted by molar-refractivity contribution is 9.10. The van der Waals surface area contributed by atoms with E-state index < -0.39 is 6.04 Å². The summed E-state index contributed by atoms with van der Waals surface area (Å²) in [5.41, 5.74) is 0.804. The third-order valence-corrected chi connectivity index (χ3v) is 2.90. The highest BCUT2D eigenvalue weighted by Gasteiger charge is 2.25. The van der Waals surface area contributed by atoms with Gasteiger partial charge >= 0.3 is 5.97 Å². The Labute approximate surface area is 109 Å². The monoisotopic (exact) mass is 296 g/mol. The van der Waals surface area contributed by atoms with E-state index >= 15 is 0 Å². The number of carbonyl (C=O) groups excluding carboxylic acids is 1. The zero-order valence-electron chi connectivity index (χ0n) is 9.68. The van der Waals surface area contributed by atoms with Gasteiger partial charge in [0, 0.05) is 4.47 Å². The van der Waals surface area contributed by atoms with Crippen molar-refractivity contribution >= 4 is 21.9 Å². The molecule has 0 saturated carbocycles. The average Bonchev–Trinajstić information content (AvgIpc) is 2.32. The maximum Gasteiger partial charge on any atom is 0.327 e. The summed E-state index contributed by atoms with van der Waals surface area (Å²) in [4.78, 5) is 13.4. The first-order chi connectivity index (χ1) is 8.10. The van der Waals surface area contributed by atoms with Gasteiger partial charge in [0.25, 0.3) is 0 Å². The zero-order valence-corrected chi connectivity index (χ0v) is 11.3. The van der Waals surface area contributed by atoms with Gasteiger partial charge in [-0.3, -0.25) is 4.90 Å². The maximum absolute atomic E-state index is 11.7. The van der Waals surface area contributed by atoms with Crippen LogP contribution in [-0.4, -0.2) is 31.6 Å². The molecule has 1 rings (SSSR count). The van der Waals surface area contributed by atoms with Crippen molar-refractivity contribution in [2.45, 2.75) is 6.04 Å². The lowest BCUT2D eigenvalue weighted by atomic mass is 10.1. The van der Waals surface area contributed by atoms with Crippen molar-refractivity contribution in [3.63, 3.8) is 0 Å². The summed E-state index contributed by atoms with van der Waals surface area (Å²) in [6, 6.07) is 8.84. The summed E-state index contributed by atoms with van der Waals surface area (Å²) in [5, 5.41) is 8.68. The molecule has 1 aromatic rings. The van der Waals surface area contributed by atoms with E-state index in [1.165, 1.54) is 7.11 Å². The molecule has 4 nitrogen and oxygen atoms in total. The molecule has 0 spiro atoms. The first kappa shape index (κ1) is 13.7. The van der Waals surface area contributed by atoms with E-state index in [4.69, 9.17) is 10.00 Å².